The minimum atomic E-state index is 0.359. The van der Waals surface area contributed by atoms with Crippen molar-refractivity contribution in [3.05, 3.63) is 0 Å². The molecule has 2 atom stereocenters. The molecule has 3 nitrogen and oxygen atoms in total. The van der Waals surface area contributed by atoms with Crippen molar-refractivity contribution in [3.63, 3.8) is 0 Å². The van der Waals surface area contributed by atoms with Crippen LogP contribution in [0.1, 0.15) is 46.0 Å². The van der Waals surface area contributed by atoms with E-state index in [0.717, 1.165) is 38.0 Å². The maximum atomic E-state index is 12.3. The number of carbonyl (C=O) groups excluding carboxylic acids is 1. The Kier molecular flexibility index (Phi) is 5.04. The van der Waals surface area contributed by atoms with Crippen LogP contribution in [0.2, 0.25) is 0 Å². The molecular weight excluding hydrogens is 224 g/mol. The topological polar surface area (TPSA) is 23.6 Å². The van der Waals surface area contributed by atoms with E-state index in [0.29, 0.717) is 12.5 Å². The van der Waals surface area contributed by atoms with E-state index in [1.165, 1.54) is 32.1 Å². The van der Waals surface area contributed by atoms with Gasteiger partial charge in [0.2, 0.25) is 5.91 Å². The number of hydrogen-bond acceptors (Lipinski definition) is 2. The summed E-state index contributed by atoms with van der Waals surface area (Å²) in [7, 11) is 0. The van der Waals surface area contributed by atoms with Gasteiger partial charge in [-0.15, -0.1) is 0 Å². The van der Waals surface area contributed by atoms with Gasteiger partial charge < -0.3 is 4.90 Å². The zero-order chi connectivity index (χ0) is 13.0. The number of piperidine rings is 1. The van der Waals surface area contributed by atoms with Gasteiger partial charge in [0, 0.05) is 26.2 Å². The maximum absolute atomic E-state index is 12.3. The van der Waals surface area contributed by atoms with Crippen LogP contribution in [-0.4, -0.2) is 48.4 Å². The summed E-state index contributed by atoms with van der Waals surface area (Å²) < 4.78 is 0. The average molecular weight is 252 g/mol. The molecule has 0 N–H and O–H groups in total. The Morgan fingerprint density at radius 1 is 1.00 bits per heavy atom. The number of amides is 1. The molecule has 2 saturated heterocycles. The highest BCUT2D eigenvalue weighted by atomic mass is 16.2. The molecule has 2 aliphatic rings. The highest BCUT2D eigenvalue weighted by molar-refractivity contribution is 5.78. The number of hydrogen-bond donors (Lipinski definition) is 0. The molecule has 2 aliphatic heterocycles. The summed E-state index contributed by atoms with van der Waals surface area (Å²) in [5.74, 6) is 1.84. The van der Waals surface area contributed by atoms with Gasteiger partial charge in [0.15, 0.2) is 0 Å². The maximum Gasteiger partial charge on any atom is 0.236 e. The fourth-order valence-electron chi connectivity index (χ4n) is 3.53. The Bertz CT molecular complexity index is 262. The molecule has 0 bridgehead atoms. The largest absolute Gasteiger partial charge is 0.342 e. The van der Waals surface area contributed by atoms with Gasteiger partial charge in [0.25, 0.3) is 0 Å². The van der Waals surface area contributed by atoms with Gasteiger partial charge in [-0.1, -0.05) is 26.7 Å². The molecule has 0 saturated carbocycles. The molecular formula is C15H28N2O. The highest BCUT2D eigenvalue weighted by Gasteiger charge is 2.25. The molecule has 18 heavy (non-hydrogen) atoms. The normalized spacial score (nSPS) is 31.1. The first kappa shape index (κ1) is 13.9. The van der Waals surface area contributed by atoms with Crippen molar-refractivity contribution in [2.75, 3.05) is 32.7 Å². The predicted molar refractivity (Wildman–Crippen MR) is 74.4 cm³/mol. The lowest BCUT2D eigenvalue weighted by Crippen LogP contribution is -2.46. The Balaban J connectivity index is 1.82. The first-order chi connectivity index (χ1) is 8.65. The van der Waals surface area contributed by atoms with E-state index in [9.17, 15) is 4.79 Å². The van der Waals surface area contributed by atoms with E-state index in [1.807, 2.05) is 0 Å². The third-order valence-corrected chi connectivity index (χ3v) is 4.26. The second-order valence-corrected chi connectivity index (χ2v) is 6.44. The van der Waals surface area contributed by atoms with Crippen molar-refractivity contribution < 1.29 is 4.79 Å². The average Bonchev–Trinajstić information content (AvgIpc) is 2.55. The van der Waals surface area contributed by atoms with Gasteiger partial charge in [-0.2, -0.15) is 0 Å². The van der Waals surface area contributed by atoms with Crippen LogP contribution < -0.4 is 0 Å². The minimum Gasteiger partial charge on any atom is -0.342 e. The number of rotatable bonds is 2. The molecule has 2 rings (SSSR count). The van der Waals surface area contributed by atoms with Crippen LogP contribution in [0.3, 0.4) is 0 Å². The van der Waals surface area contributed by atoms with Crippen molar-refractivity contribution in [1.29, 1.82) is 0 Å². The first-order valence-electron chi connectivity index (χ1n) is 7.65. The first-order valence-corrected chi connectivity index (χ1v) is 7.65. The predicted octanol–water partition coefficient (Wildman–Crippen LogP) is 2.37. The van der Waals surface area contributed by atoms with E-state index in [1.54, 1.807) is 0 Å². The summed E-state index contributed by atoms with van der Waals surface area (Å²) in [6.45, 7) is 9.43. The van der Waals surface area contributed by atoms with Gasteiger partial charge >= 0.3 is 0 Å². The van der Waals surface area contributed by atoms with Crippen molar-refractivity contribution in [3.8, 4) is 0 Å². The summed E-state index contributed by atoms with van der Waals surface area (Å²) >= 11 is 0. The Hall–Kier alpha value is -0.570. The molecule has 0 radical (unpaired) electrons. The van der Waals surface area contributed by atoms with Gasteiger partial charge in [0.1, 0.15) is 0 Å². The van der Waals surface area contributed by atoms with E-state index >= 15 is 0 Å². The van der Waals surface area contributed by atoms with Gasteiger partial charge in [-0.05, 0) is 31.1 Å². The molecule has 0 aromatic heterocycles. The van der Waals surface area contributed by atoms with Crippen LogP contribution in [0.15, 0.2) is 0 Å². The monoisotopic (exact) mass is 252 g/mol. The van der Waals surface area contributed by atoms with E-state index in [4.69, 9.17) is 0 Å². The lowest BCUT2D eigenvalue weighted by molar-refractivity contribution is -0.133. The molecule has 0 aromatic rings. The molecule has 104 valence electrons. The van der Waals surface area contributed by atoms with E-state index < -0.39 is 0 Å². The summed E-state index contributed by atoms with van der Waals surface area (Å²) in [6.07, 6.45) is 6.29. The third-order valence-electron chi connectivity index (χ3n) is 4.26. The van der Waals surface area contributed by atoms with Gasteiger partial charge in [0.05, 0.1) is 6.54 Å². The Morgan fingerprint density at radius 2 is 1.56 bits per heavy atom. The molecule has 0 aliphatic carbocycles. The highest BCUT2D eigenvalue weighted by Crippen LogP contribution is 2.21. The lowest BCUT2D eigenvalue weighted by Gasteiger charge is -2.35. The summed E-state index contributed by atoms with van der Waals surface area (Å²) in [5.41, 5.74) is 0. The summed E-state index contributed by atoms with van der Waals surface area (Å²) in [4.78, 5) is 16.8. The second-order valence-electron chi connectivity index (χ2n) is 6.44. The Morgan fingerprint density at radius 3 is 2.11 bits per heavy atom. The standard InChI is InChI=1S/C15H28N2O/c1-13-9-14(2)11-16(10-13)12-15(18)17-7-5-3-4-6-8-17/h13-14H,3-12H2,1-2H3. The van der Waals surface area contributed by atoms with E-state index in [2.05, 4.69) is 23.6 Å². The third kappa shape index (κ3) is 3.98. The van der Waals surface area contributed by atoms with Gasteiger partial charge in [-0.3, -0.25) is 9.69 Å². The second kappa shape index (κ2) is 6.55. The molecule has 0 aromatic carbocycles. The molecule has 2 heterocycles. The summed E-state index contributed by atoms with van der Waals surface area (Å²) in [6, 6.07) is 0. The fourth-order valence-corrected chi connectivity index (χ4v) is 3.53. The molecule has 2 fully saturated rings. The quantitative estimate of drug-likeness (QED) is 0.753. The van der Waals surface area contributed by atoms with Crippen molar-refractivity contribution >= 4 is 5.91 Å². The SMILES string of the molecule is CC1CC(C)CN(CC(=O)N2CCCCCC2)C1. The smallest absolute Gasteiger partial charge is 0.236 e. The molecule has 0 spiro atoms. The van der Waals surface area contributed by atoms with Crippen LogP contribution in [-0.2, 0) is 4.79 Å². The van der Waals surface area contributed by atoms with Crippen molar-refractivity contribution in [2.24, 2.45) is 11.8 Å². The molecule has 3 heteroatoms. The fraction of sp³-hybridized carbons (Fsp3) is 0.933. The molecule has 1 amide bonds. The van der Waals surface area contributed by atoms with Crippen LogP contribution in [0.4, 0.5) is 0 Å². The number of carbonyl (C=O) groups is 1. The minimum absolute atomic E-state index is 0.359. The summed E-state index contributed by atoms with van der Waals surface area (Å²) in [5, 5.41) is 0. The van der Waals surface area contributed by atoms with Crippen LogP contribution in [0, 0.1) is 11.8 Å². The van der Waals surface area contributed by atoms with Crippen molar-refractivity contribution in [1.82, 2.24) is 9.80 Å². The van der Waals surface area contributed by atoms with Crippen LogP contribution in [0.25, 0.3) is 0 Å². The Labute approximate surface area is 112 Å². The number of likely N-dealkylation sites (tertiary alicyclic amines) is 2. The van der Waals surface area contributed by atoms with E-state index in [-0.39, 0.29) is 0 Å². The van der Waals surface area contributed by atoms with Crippen LogP contribution in [0.5, 0.6) is 0 Å². The zero-order valence-electron chi connectivity index (χ0n) is 12.0. The van der Waals surface area contributed by atoms with Crippen LogP contribution >= 0.6 is 0 Å². The molecule has 2 unspecified atom stereocenters. The van der Waals surface area contributed by atoms with Crippen molar-refractivity contribution in [2.45, 2.75) is 46.0 Å². The lowest BCUT2D eigenvalue weighted by atomic mass is 9.92. The zero-order valence-corrected chi connectivity index (χ0v) is 12.0. The number of nitrogens with zero attached hydrogens (tertiary/aromatic N) is 2. The van der Waals surface area contributed by atoms with Gasteiger partial charge in [-0.25, -0.2) is 0 Å².